The fourth-order valence-electron chi connectivity index (χ4n) is 2.35. The standard InChI is InChI=1S/C20H26ClNO2.ClH/c1-15(2)9-10-22-13-16-7-8-19(20(12-16)23-3)24-14-17-5-4-6-18(21)11-17;/h4-8,11-12,15,22H,9-10,13-14H2,1-3H3;1H. The van der Waals surface area contributed by atoms with Crippen LogP contribution in [0.4, 0.5) is 0 Å². The zero-order chi connectivity index (χ0) is 17.4. The lowest BCUT2D eigenvalue weighted by atomic mass is 10.1. The highest BCUT2D eigenvalue weighted by Gasteiger charge is 2.07. The lowest BCUT2D eigenvalue weighted by Gasteiger charge is -2.13. The maximum Gasteiger partial charge on any atom is 0.161 e. The molecule has 25 heavy (non-hydrogen) atoms. The van der Waals surface area contributed by atoms with Gasteiger partial charge in [0.25, 0.3) is 0 Å². The Balaban J connectivity index is 0.00000312. The summed E-state index contributed by atoms with van der Waals surface area (Å²) < 4.78 is 11.3. The number of methoxy groups -OCH3 is 1. The van der Waals surface area contributed by atoms with Crippen LogP contribution in [-0.2, 0) is 13.2 Å². The lowest BCUT2D eigenvalue weighted by molar-refractivity contribution is 0.284. The van der Waals surface area contributed by atoms with Gasteiger partial charge < -0.3 is 14.8 Å². The van der Waals surface area contributed by atoms with Crippen LogP contribution < -0.4 is 14.8 Å². The van der Waals surface area contributed by atoms with Crippen molar-refractivity contribution in [3.8, 4) is 11.5 Å². The van der Waals surface area contributed by atoms with E-state index in [1.165, 1.54) is 12.0 Å². The van der Waals surface area contributed by atoms with Crippen molar-refractivity contribution in [2.24, 2.45) is 5.92 Å². The van der Waals surface area contributed by atoms with Gasteiger partial charge in [-0.05, 0) is 54.3 Å². The molecule has 2 rings (SSSR count). The van der Waals surface area contributed by atoms with Gasteiger partial charge in [0.05, 0.1) is 7.11 Å². The largest absolute Gasteiger partial charge is 0.493 e. The van der Waals surface area contributed by atoms with Gasteiger partial charge in [-0.15, -0.1) is 12.4 Å². The maximum absolute atomic E-state index is 6.00. The van der Waals surface area contributed by atoms with Crippen molar-refractivity contribution in [3.63, 3.8) is 0 Å². The minimum Gasteiger partial charge on any atom is -0.493 e. The van der Waals surface area contributed by atoms with Crippen LogP contribution in [0.15, 0.2) is 42.5 Å². The zero-order valence-electron chi connectivity index (χ0n) is 15.0. The summed E-state index contributed by atoms with van der Waals surface area (Å²) in [5, 5.41) is 4.17. The minimum atomic E-state index is 0. The Kier molecular flexibility index (Phi) is 9.73. The highest BCUT2D eigenvalue weighted by molar-refractivity contribution is 6.30. The van der Waals surface area contributed by atoms with Crippen molar-refractivity contribution in [1.29, 1.82) is 0 Å². The van der Waals surface area contributed by atoms with Gasteiger partial charge in [-0.3, -0.25) is 0 Å². The van der Waals surface area contributed by atoms with Crippen LogP contribution in [0.5, 0.6) is 11.5 Å². The molecule has 0 amide bonds. The maximum atomic E-state index is 6.00. The van der Waals surface area contributed by atoms with Gasteiger partial charge in [0.1, 0.15) is 6.61 Å². The van der Waals surface area contributed by atoms with Gasteiger partial charge in [-0.2, -0.15) is 0 Å². The SMILES string of the molecule is COc1cc(CNCCC(C)C)ccc1OCc1cccc(Cl)c1.Cl. The number of hydrogen-bond acceptors (Lipinski definition) is 3. The average Bonchev–Trinajstić information content (AvgIpc) is 2.57. The smallest absolute Gasteiger partial charge is 0.161 e. The molecule has 0 aliphatic carbocycles. The van der Waals surface area contributed by atoms with E-state index in [0.717, 1.165) is 30.2 Å². The molecule has 0 unspecified atom stereocenters. The van der Waals surface area contributed by atoms with Crippen molar-refractivity contribution in [2.45, 2.75) is 33.4 Å². The van der Waals surface area contributed by atoms with Gasteiger partial charge in [-0.1, -0.05) is 43.6 Å². The molecular weight excluding hydrogens is 357 g/mol. The molecular formula is C20H27Cl2NO2. The summed E-state index contributed by atoms with van der Waals surface area (Å²) >= 11 is 6.00. The van der Waals surface area contributed by atoms with Gasteiger partial charge in [0.2, 0.25) is 0 Å². The Hall–Kier alpha value is -1.42. The number of nitrogens with one attached hydrogen (secondary N) is 1. The second kappa shape index (κ2) is 11.2. The molecule has 0 atom stereocenters. The van der Waals surface area contributed by atoms with E-state index >= 15 is 0 Å². The zero-order valence-corrected chi connectivity index (χ0v) is 16.6. The second-order valence-corrected chi connectivity index (χ2v) is 6.70. The topological polar surface area (TPSA) is 30.5 Å². The summed E-state index contributed by atoms with van der Waals surface area (Å²) in [4.78, 5) is 0. The van der Waals surface area contributed by atoms with E-state index < -0.39 is 0 Å². The fraction of sp³-hybridized carbons (Fsp3) is 0.400. The molecule has 0 heterocycles. The molecule has 3 nitrogen and oxygen atoms in total. The Morgan fingerprint density at radius 3 is 2.52 bits per heavy atom. The van der Waals surface area contributed by atoms with E-state index in [0.29, 0.717) is 17.5 Å². The van der Waals surface area contributed by atoms with Crippen molar-refractivity contribution < 1.29 is 9.47 Å². The van der Waals surface area contributed by atoms with Crippen molar-refractivity contribution >= 4 is 24.0 Å². The summed E-state index contributed by atoms with van der Waals surface area (Å²) in [5.41, 5.74) is 2.22. The molecule has 0 aliphatic rings. The monoisotopic (exact) mass is 383 g/mol. The van der Waals surface area contributed by atoms with Crippen LogP contribution >= 0.6 is 24.0 Å². The van der Waals surface area contributed by atoms with Crippen LogP contribution in [0.3, 0.4) is 0 Å². The number of benzene rings is 2. The first-order valence-electron chi connectivity index (χ1n) is 8.33. The van der Waals surface area contributed by atoms with E-state index in [-0.39, 0.29) is 12.4 Å². The van der Waals surface area contributed by atoms with Gasteiger partial charge in [-0.25, -0.2) is 0 Å². The van der Waals surface area contributed by atoms with Gasteiger partial charge in [0, 0.05) is 11.6 Å². The Morgan fingerprint density at radius 1 is 1.04 bits per heavy atom. The molecule has 0 aliphatic heterocycles. The van der Waals surface area contributed by atoms with Crippen molar-refractivity contribution in [3.05, 3.63) is 58.6 Å². The van der Waals surface area contributed by atoms with Crippen LogP contribution in [-0.4, -0.2) is 13.7 Å². The van der Waals surface area contributed by atoms with E-state index in [1.807, 2.05) is 36.4 Å². The van der Waals surface area contributed by atoms with Crippen LogP contribution in [0.1, 0.15) is 31.4 Å². The molecule has 0 saturated carbocycles. The number of hydrogen-bond donors (Lipinski definition) is 1. The molecule has 0 bridgehead atoms. The molecule has 0 spiro atoms. The quantitative estimate of drug-likeness (QED) is 0.581. The van der Waals surface area contributed by atoms with Gasteiger partial charge >= 0.3 is 0 Å². The average molecular weight is 384 g/mol. The molecule has 0 saturated heterocycles. The number of halogens is 2. The van der Waals surface area contributed by atoms with E-state index in [2.05, 4.69) is 25.2 Å². The lowest BCUT2D eigenvalue weighted by Crippen LogP contribution is -2.16. The number of rotatable bonds is 9. The summed E-state index contributed by atoms with van der Waals surface area (Å²) in [6.07, 6.45) is 1.18. The first-order chi connectivity index (χ1) is 11.6. The Morgan fingerprint density at radius 2 is 1.84 bits per heavy atom. The molecule has 5 heteroatoms. The van der Waals surface area contributed by atoms with E-state index in [1.54, 1.807) is 7.11 Å². The summed E-state index contributed by atoms with van der Waals surface area (Å²) in [7, 11) is 1.66. The predicted octanol–water partition coefficient (Wildman–Crippen LogP) is 5.49. The molecule has 1 N–H and O–H groups in total. The highest BCUT2D eigenvalue weighted by atomic mass is 35.5. The second-order valence-electron chi connectivity index (χ2n) is 6.26. The predicted molar refractivity (Wildman–Crippen MR) is 107 cm³/mol. The summed E-state index contributed by atoms with van der Waals surface area (Å²) in [6, 6.07) is 13.7. The third kappa shape index (κ3) is 7.55. The summed E-state index contributed by atoms with van der Waals surface area (Å²) in [5.74, 6) is 2.21. The molecule has 2 aromatic rings. The highest BCUT2D eigenvalue weighted by Crippen LogP contribution is 2.29. The Labute approximate surface area is 162 Å². The van der Waals surface area contributed by atoms with E-state index in [4.69, 9.17) is 21.1 Å². The van der Waals surface area contributed by atoms with Crippen LogP contribution in [0.25, 0.3) is 0 Å². The molecule has 2 aromatic carbocycles. The Bertz CT molecular complexity index is 647. The van der Waals surface area contributed by atoms with Crippen LogP contribution in [0.2, 0.25) is 5.02 Å². The van der Waals surface area contributed by atoms with Crippen molar-refractivity contribution in [1.82, 2.24) is 5.32 Å². The first kappa shape index (κ1) is 21.6. The normalized spacial score (nSPS) is 10.4. The van der Waals surface area contributed by atoms with Crippen LogP contribution in [0, 0.1) is 5.92 Å². The third-order valence-corrected chi connectivity index (χ3v) is 3.97. The molecule has 138 valence electrons. The summed E-state index contributed by atoms with van der Waals surface area (Å²) in [6.45, 7) is 6.78. The molecule has 0 radical (unpaired) electrons. The van der Waals surface area contributed by atoms with Crippen molar-refractivity contribution in [2.75, 3.05) is 13.7 Å². The van der Waals surface area contributed by atoms with E-state index in [9.17, 15) is 0 Å². The molecule has 0 aromatic heterocycles. The fourth-order valence-corrected chi connectivity index (χ4v) is 2.57. The molecule has 0 fully saturated rings. The number of ether oxygens (including phenoxy) is 2. The minimum absolute atomic E-state index is 0. The third-order valence-electron chi connectivity index (χ3n) is 3.74. The first-order valence-corrected chi connectivity index (χ1v) is 8.71. The van der Waals surface area contributed by atoms with Gasteiger partial charge in [0.15, 0.2) is 11.5 Å².